The highest BCUT2D eigenvalue weighted by Gasteiger charge is 2.31. The summed E-state index contributed by atoms with van der Waals surface area (Å²) in [6.45, 7) is 13.6. The van der Waals surface area contributed by atoms with Crippen molar-refractivity contribution in [3.63, 3.8) is 0 Å². The molecule has 282 valence electrons. The fraction of sp³-hybridized carbons (Fsp3) is 0.143. The van der Waals surface area contributed by atoms with Gasteiger partial charge in [0, 0.05) is 31.6 Å². The summed E-state index contributed by atoms with van der Waals surface area (Å²) in [5.41, 5.74) is 14.6. The molecule has 0 aliphatic heterocycles. The van der Waals surface area contributed by atoms with Gasteiger partial charge in [0.15, 0.2) is 0 Å². The third-order valence-electron chi connectivity index (χ3n) is 12.3. The molecule has 2 heteroatoms. The lowest BCUT2D eigenvalue weighted by molar-refractivity contribution is 0.590. The van der Waals surface area contributed by atoms with Gasteiger partial charge in [-0.2, -0.15) is 0 Å². The summed E-state index contributed by atoms with van der Waals surface area (Å²) >= 11 is 14.8. The van der Waals surface area contributed by atoms with E-state index in [1.165, 1.54) is 88.3 Å². The van der Waals surface area contributed by atoms with E-state index >= 15 is 0 Å². The molecule has 0 aromatic heterocycles. The van der Waals surface area contributed by atoms with Crippen LogP contribution in [0.3, 0.4) is 0 Å². The minimum absolute atomic E-state index is 0.0479. The SMILES string of the molecule is CC(C)(C)c1ccc(-c2cc3cccc(Cl)c3c3c(-c4c5cccccc-5c5c(-c6ccc(C(C)(C)C)cc6)cc6cccc(Cl)c6c45)c4cccccc-4c23)cc1. The smallest absolute Gasteiger partial charge is 0.0490 e. The molecule has 0 heterocycles. The van der Waals surface area contributed by atoms with Crippen LogP contribution in [0.15, 0.2) is 158 Å². The van der Waals surface area contributed by atoms with E-state index in [-0.39, 0.29) is 10.8 Å². The van der Waals surface area contributed by atoms with Crippen molar-refractivity contribution in [2.45, 2.75) is 52.4 Å². The van der Waals surface area contributed by atoms with E-state index in [4.69, 9.17) is 23.2 Å². The van der Waals surface area contributed by atoms with Gasteiger partial charge in [0.05, 0.1) is 0 Å². The summed E-state index contributed by atoms with van der Waals surface area (Å²) in [6.07, 6.45) is 0. The summed E-state index contributed by atoms with van der Waals surface area (Å²) in [5, 5.41) is 10.6. The molecule has 6 aromatic carbocycles. The van der Waals surface area contributed by atoms with Crippen molar-refractivity contribution in [1.29, 1.82) is 0 Å². The van der Waals surface area contributed by atoms with Gasteiger partial charge in [0.2, 0.25) is 0 Å². The van der Waals surface area contributed by atoms with Crippen LogP contribution >= 0.6 is 23.2 Å². The van der Waals surface area contributed by atoms with Crippen molar-refractivity contribution in [2.24, 2.45) is 0 Å². The van der Waals surface area contributed by atoms with Crippen molar-refractivity contribution >= 4 is 66.3 Å². The minimum atomic E-state index is 0.0479. The summed E-state index contributed by atoms with van der Waals surface area (Å²) in [4.78, 5) is 0. The molecular formula is C56H44Cl2. The molecule has 0 radical (unpaired) electrons. The quantitative estimate of drug-likeness (QED) is 0.167. The van der Waals surface area contributed by atoms with Crippen LogP contribution in [0.25, 0.3) is 98.7 Å². The summed E-state index contributed by atoms with van der Waals surface area (Å²) in [5.74, 6) is 0. The Kier molecular flexibility index (Phi) is 8.50. The van der Waals surface area contributed by atoms with Gasteiger partial charge in [0.25, 0.3) is 0 Å². The van der Waals surface area contributed by atoms with E-state index < -0.39 is 0 Å². The molecule has 0 saturated carbocycles. The molecule has 4 aliphatic carbocycles. The lowest BCUT2D eigenvalue weighted by atomic mass is 9.85. The fourth-order valence-electron chi connectivity index (χ4n) is 9.39. The average molecular weight is 788 g/mol. The maximum absolute atomic E-state index is 7.40. The Hall–Kier alpha value is -5.66. The first kappa shape index (κ1) is 36.7. The molecule has 0 saturated heterocycles. The molecule has 0 amide bonds. The molecule has 58 heavy (non-hydrogen) atoms. The Labute approximate surface area is 351 Å². The first-order valence-corrected chi connectivity index (χ1v) is 21.0. The second-order valence-corrected chi connectivity index (χ2v) is 18.7. The normalized spacial score (nSPS) is 12.5. The van der Waals surface area contributed by atoms with Gasteiger partial charge in [-0.15, -0.1) is 0 Å². The lowest BCUT2D eigenvalue weighted by Gasteiger charge is -2.19. The molecule has 0 N–H and O–H groups in total. The van der Waals surface area contributed by atoms with Crippen LogP contribution in [0.4, 0.5) is 0 Å². The van der Waals surface area contributed by atoms with E-state index in [0.29, 0.717) is 0 Å². The minimum Gasteiger partial charge on any atom is -0.0836 e. The van der Waals surface area contributed by atoms with Crippen LogP contribution in [0.2, 0.25) is 10.0 Å². The molecule has 0 unspecified atom stereocenters. The highest BCUT2D eigenvalue weighted by Crippen LogP contribution is 2.59. The Balaban J connectivity index is 1.44. The zero-order valence-corrected chi connectivity index (χ0v) is 35.3. The highest BCUT2D eigenvalue weighted by molar-refractivity contribution is 6.44. The third kappa shape index (κ3) is 5.72. The molecule has 0 atom stereocenters. The number of fused-ring (bicyclic) bond motifs is 10. The monoisotopic (exact) mass is 786 g/mol. The Morgan fingerprint density at radius 3 is 1.03 bits per heavy atom. The first-order valence-electron chi connectivity index (χ1n) is 20.2. The van der Waals surface area contributed by atoms with Gasteiger partial charge in [-0.3, -0.25) is 0 Å². The van der Waals surface area contributed by atoms with Crippen LogP contribution in [0.1, 0.15) is 52.7 Å². The molecule has 0 bridgehead atoms. The molecule has 10 rings (SSSR count). The van der Waals surface area contributed by atoms with Gasteiger partial charge >= 0.3 is 0 Å². The largest absolute Gasteiger partial charge is 0.0836 e. The van der Waals surface area contributed by atoms with Crippen LogP contribution in [-0.4, -0.2) is 0 Å². The number of benzene rings is 6. The average Bonchev–Trinajstić information content (AvgIpc) is 3.40. The van der Waals surface area contributed by atoms with E-state index in [2.05, 4.69) is 187 Å². The maximum atomic E-state index is 7.40. The fourth-order valence-corrected chi connectivity index (χ4v) is 9.95. The molecule has 4 aliphatic rings. The maximum Gasteiger partial charge on any atom is 0.0490 e. The zero-order valence-electron chi connectivity index (χ0n) is 33.8. The van der Waals surface area contributed by atoms with Gasteiger partial charge in [0.1, 0.15) is 0 Å². The van der Waals surface area contributed by atoms with Crippen molar-refractivity contribution in [3.8, 4) is 55.6 Å². The Morgan fingerprint density at radius 2 is 0.672 bits per heavy atom. The number of rotatable bonds is 3. The first-order chi connectivity index (χ1) is 27.9. The predicted octanol–water partition coefficient (Wildman–Crippen LogP) is 17.4. The Bertz CT molecular complexity index is 2950. The van der Waals surface area contributed by atoms with Crippen LogP contribution < -0.4 is 0 Å². The van der Waals surface area contributed by atoms with E-state index in [9.17, 15) is 0 Å². The topological polar surface area (TPSA) is 0 Å². The summed E-state index contributed by atoms with van der Waals surface area (Å²) in [6, 6.07) is 57.8. The van der Waals surface area contributed by atoms with E-state index in [0.717, 1.165) is 31.6 Å². The number of hydrogen-bond donors (Lipinski definition) is 0. The van der Waals surface area contributed by atoms with Gasteiger partial charge in [-0.25, -0.2) is 0 Å². The van der Waals surface area contributed by atoms with Gasteiger partial charge < -0.3 is 0 Å². The zero-order chi connectivity index (χ0) is 40.1. The third-order valence-corrected chi connectivity index (χ3v) is 12.9. The van der Waals surface area contributed by atoms with E-state index in [1.54, 1.807) is 0 Å². The van der Waals surface area contributed by atoms with Crippen molar-refractivity contribution < 1.29 is 0 Å². The van der Waals surface area contributed by atoms with Crippen molar-refractivity contribution in [3.05, 3.63) is 179 Å². The molecule has 0 fully saturated rings. The second-order valence-electron chi connectivity index (χ2n) is 17.9. The molecule has 0 spiro atoms. The van der Waals surface area contributed by atoms with Crippen molar-refractivity contribution in [2.75, 3.05) is 0 Å². The second kappa shape index (κ2) is 13.5. The Morgan fingerprint density at radius 1 is 0.310 bits per heavy atom. The van der Waals surface area contributed by atoms with Gasteiger partial charge in [-0.05, 0) is 123 Å². The highest BCUT2D eigenvalue weighted by atomic mass is 35.5. The van der Waals surface area contributed by atoms with Crippen LogP contribution in [0, 0.1) is 0 Å². The van der Waals surface area contributed by atoms with Gasteiger partial charge in [-0.1, -0.05) is 198 Å². The number of hydrogen-bond acceptors (Lipinski definition) is 0. The van der Waals surface area contributed by atoms with Crippen LogP contribution in [0.5, 0.6) is 0 Å². The molecule has 6 aromatic rings. The number of halogens is 2. The predicted molar refractivity (Wildman–Crippen MR) is 253 cm³/mol. The van der Waals surface area contributed by atoms with Crippen molar-refractivity contribution in [1.82, 2.24) is 0 Å². The summed E-state index contributed by atoms with van der Waals surface area (Å²) < 4.78 is 0. The lowest BCUT2D eigenvalue weighted by Crippen LogP contribution is -2.10. The summed E-state index contributed by atoms with van der Waals surface area (Å²) in [7, 11) is 0. The molecular weight excluding hydrogens is 744 g/mol. The van der Waals surface area contributed by atoms with Crippen LogP contribution in [-0.2, 0) is 10.8 Å². The standard InChI is InChI=1S/C56H44Cl2/c1-55(2,3)37-27-23-33(24-28-37)43-31-35-15-13-21-45(57)47(35)53-49(43)39-17-9-7-11-19-41(39)51(53)52-42-20-12-8-10-18-40(42)50-44(34-25-29-38(30-26-34)56(4,5)6)32-36-16-14-22-46(58)48(36)54(50)52/h7-32H,1-6H3. The molecule has 0 nitrogen and oxygen atoms in total. The van der Waals surface area contributed by atoms with E-state index in [1.807, 2.05) is 12.1 Å².